The number of aryl methyl sites for hydroxylation is 1. The zero-order valence-corrected chi connectivity index (χ0v) is 12.0. The van der Waals surface area contributed by atoms with Crippen LogP contribution in [0.3, 0.4) is 0 Å². The van der Waals surface area contributed by atoms with Gasteiger partial charge in [0.1, 0.15) is 0 Å². The van der Waals surface area contributed by atoms with Crippen LogP contribution in [0.5, 0.6) is 0 Å². The van der Waals surface area contributed by atoms with Crippen molar-refractivity contribution >= 4 is 5.69 Å². The molecule has 0 radical (unpaired) electrons. The summed E-state index contributed by atoms with van der Waals surface area (Å²) in [6.07, 6.45) is 2.30. The fraction of sp³-hybridized carbons (Fsp3) is 0.333. The Labute approximate surface area is 121 Å². The lowest BCUT2D eigenvalue weighted by Crippen LogP contribution is -2.12. The smallest absolute Gasteiger partial charge is 0.0682 e. The van der Waals surface area contributed by atoms with Crippen molar-refractivity contribution in [2.75, 3.05) is 11.9 Å². The van der Waals surface area contributed by atoms with E-state index in [4.69, 9.17) is 5.11 Å². The van der Waals surface area contributed by atoms with Crippen molar-refractivity contribution in [2.24, 2.45) is 5.92 Å². The first-order valence-electron chi connectivity index (χ1n) is 7.25. The first-order valence-corrected chi connectivity index (χ1v) is 7.25. The number of rotatable bonds is 7. The summed E-state index contributed by atoms with van der Waals surface area (Å²) in [6, 6.07) is 18.6. The highest BCUT2D eigenvalue weighted by atomic mass is 16.3. The second-order valence-corrected chi connectivity index (χ2v) is 5.37. The van der Waals surface area contributed by atoms with Crippen LogP contribution in [0.15, 0.2) is 54.6 Å². The molecular weight excluding hydrogens is 246 g/mol. The van der Waals surface area contributed by atoms with Crippen molar-refractivity contribution in [1.82, 2.24) is 0 Å². The molecule has 2 N–H and O–H groups in total. The number of hydrogen-bond acceptors (Lipinski definition) is 2. The van der Waals surface area contributed by atoms with Gasteiger partial charge in [0.25, 0.3) is 0 Å². The monoisotopic (exact) mass is 269 g/mol. The highest BCUT2D eigenvalue weighted by Crippen LogP contribution is 2.14. The van der Waals surface area contributed by atoms with Gasteiger partial charge < -0.3 is 10.4 Å². The number of aliphatic hydroxyl groups is 1. The molecule has 2 nitrogen and oxygen atoms in total. The van der Waals surface area contributed by atoms with Crippen molar-refractivity contribution in [2.45, 2.75) is 26.4 Å². The quantitative estimate of drug-likeness (QED) is 0.800. The standard InChI is InChI=1S/C18H23NO/c1-15(10-11-16-6-3-2-4-7-16)13-19-18-9-5-8-17(12-18)14-20/h2-9,12,15,19-20H,10-11,13-14H2,1H3. The van der Waals surface area contributed by atoms with Gasteiger partial charge in [0.05, 0.1) is 6.61 Å². The molecule has 0 spiro atoms. The summed E-state index contributed by atoms with van der Waals surface area (Å²) in [6.45, 7) is 3.33. The van der Waals surface area contributed by atoms with E-state index in [1.165, 1.54) is 12.0 Å². The van der Waals surface area contributed by atoms with E-state index >= 15 is 0 Å². The molecule has 1 unspecified atom stereocenters. The SMILES string of the molecule is CC(CCc1ccccc1)CNc1cccc(CO)c1. The van der Waals surface area contributed by atoms with Crippen LogP contribution in [0.2, 0.25) is 0 Å². The average molecular weight is 269 g/mol. The summed E-state index contributed by atoms with van der Waals surface area (Å²) in [5.74, 6) is 0.619. The van der Waals surface area contributed by atoms with Crippen molar-refractivity contribution in [3.8, 4) is 0 Å². The Bertz CT molecular complexity index is 510. The molecule has 2 aromatic rings. The van der Waals surface area contributed by atoms with Gasteiger partial charge in [-0.05, 0) is 42.0 Å². The lowest BCUT2D eigenvalue weighted by molar-refractivity contribution is 0.282. The molecule has 106 valence electrons. The third-order valence-corrected chi connectivity index (χ3v) is 3.53. The maximum Gasteiger partial charge on any atom is 0.0682 e. The van der Waals surface area contributed by atoms with Gasteiger partial charge in [0.15, 0.2) is 0 Å². The Morgan fingerprint density at radius 2 is 1.75 bits per heavy atom. The van der Waals surface area contributed by atoms with Gasteiger partial charge >= 0.3 is 0 Å². The Kier molecular flexibility index (Phi) is 5.63. The van der Waals surface area contributed by atoms with Gasteiger partial charge in [-0.15, -0.1) is 0 Å². The van der Waals surface area contributed by atoms with E-state index < -0.39 is 0 Å². The third-order valence-electron chi connectivity index (χ3n) is 3.53. The van der Waals surface area contributed by atoms with E-state index in [0.29, 0.717) is 5.92 Å². The van der Waals surface area contributed by atoms with Crippen LogP contribution in [0, 0.1) is 5.92 Å². The number of hydrogen-bond donors (Lipinski definition) is 2. The fourth-order valence-corrected chi connectivity index (χ4v) is 2.23. The molecular formula is C18H23NO. The zero-order chi connectivity index (χ0) is 14.2. The van der Waals surface area contributed by atoms with Crippen molar-refractivity contribution in [3.63, 3.8) is 0 Å². The van der Waals surface area contributed by atoms with E-state index in [2.05, 4.69) is 42.6 Å². The predicted octanol–water partition coefficient (Wildman–Crippen LogP) is 3.86. The Balaban J connectivity index is 1.75. The van der Waals surface area contributed by atoms with Crippen LogP contribution >= 0.6 is 0 Å². The molecule has 0 amide bonds. The summed E-state index contributed by atoms with van der Waals surface area (Å²) < 4.78 is 0. The summed E-state index contributed by atoms with van der Waals surface area (Å²) in [5.41, 5.74) is 3.44. The summed E-state index contributed by atoms with van der Waals surface area (Å²) >= 11 is 0. The van der Waals surface area contributed by atoms with Gasteiger partial charge in [-0.1, -0.05) is 49.4 Å². The molecule has 0 saturated carbocycles. The van der Waals surface area contributed by atoms with Crippen LogP contribution in [0.25, 0.3) is 0 Å². The van der Waals surface area contributed by atoms with Crippen LogP contribution in [0.4, 0.5) is 5.69 Å². The summed E-state index contributed by atoms with van der Waals surface area (Å²) in [4.78, 5) is 0. The maximum absolute atomic E-state index is 9.12. The first kappa shape index (κ1) is 14.6. The lowest BCUT2D eigenvalue weighted by Gasteiger charge is -2.14. The van der Waals surface area contributed by atoms with E-state index in [1.807, 2.05) is 24.3 Å². The molecule has 2 aromatic carbocycles. The minimum Gasteiger partial charge on any atom is -0.392 e. The second-order valence-electron chi connectivity index (χ2n) is 5.37. The highest BCUT2D eigenvalue weighted by molar-refractivity contribution is 5.45. The van der Waals surface area contributed by atoms with Crippen molar-refractivity contribution < 1.29 is 5.11 Å². The van der Waals surface area contributed by atoms with Gasteiger partial charge in [0.2, 0.25) is 0 Å². The van der Waals surface area contributed by atoms with Gasteiger partial charge in [-0.3, -0.25) is 0 Å². The zero-order valence-electron chi connectivity index (χ0n) is 12.0. The highest BCUT2D eigenvalue weighted by Gasteiger charge is 2.03. The number of benzene rings is 2. The van der Waals surface area contributed by atoms with Crippen molar-refractivity contribution in [3.05, 3.63) is 65.7 Å². The molecule has 2 heteroatoms. The molecule has 0 heterocycles. The van der Waals surface area contributed by atoms with E-state index in [-0.39, 0.29) is 6.61 Å². The molecule has 0 aliphatic rings. The Morgan fingerprint density at radius 3 is 2.50 bits per heavy atom. The number of aliphatic hydroxyl groups excluding tert-OH is 1. The van der Waals surface area contributed by atoms with Crippen LogP contribution in [-0.2, 0) is 13.0 Å². The normalized spacial score (nSPS) is 12.1. The molecule has 0 fully saturated rings. The fourth-order valence-electron chi connectivity index (χ4n) is 2.23. The second kappa shape index (κ2) is 7.71. The lowest BCUT2D eigenvalue weighted by atomic mass is 10.0. The Morgan fingerprint density at radius 1 is 1.00 bits per heavy atom. The van der Waals surface area contributed by atoms with Crippen LogP contribution < -0.4 is 5.32 Å². The molecule has 0 aliphatic heterocycles. The summed E-state index contributed by atoms with van der Waals surface area (Å²) in [5, 5.41) is 12.6. The molecule has 20 heavy (non-hydrogen) atoms. The van der Waals surface area contributed by atoms with E-state index in [9.17, 15) is 0 Å². The first-order chi connectivity index (χ1) is 9.78. The predicted molar refractivity (Wildman–Crippen MR) is 84.8 cm³/mol. The maximum atomic E-state index is 9.12. The largest absolute Gasteiger partial charge is 0.392 e. The third kappa shape index (κ3) is 4.71. The van der Waals surface area contributed by atoms with E-state index in [0.717, 1.165) is 24.2 Å². The molecule has 2 rings (SSSR count). The van der Waals surface area contributed by atoms with E-state index in [1.54, 1.807) is 0 Å². The minimum atomic E-state index is 0.0963. The average Bonchev–Trinajstić information content (AvgIpc) is 2.52. The van der Waals surface area contributed by atoms with Crippen LogP contribution in [0.1, 0.15) is 24.5 Å². The number of nitrogens with one attached hydrogen (secondary N) is 1. The van der Waals surface area contributed by atoms with Crippen LogP contribution in [-0.4, -0.2) is 11.7 Å². The van der Waals surface area contributed by atoms with Gasteiger partial charge in [-0.25, -0.2) is 0 Å². The number of anilines is 1. The van der Waals surface area contributed by atoms with Gasteiger partial charge in [-0.2, -0.15) is 0 Å². The summed E-state index contributed by atoms with van der Waals surface area (Å²) in [7, 11) is 0. The van der Waals surface area contributed by atoms with Gasteiger partial charge in [0, 0.05) is 12.2 Å². The molecule has 0 saturated heterocycles. The van der Waals surface area contributed by atoms with Crippen molar-refractivity contribution in [1.29, 1.82) is 0 Å². The molecule has 0 aliphatic carbocycles. The topological polar surface area (TPSA) is 32.3 Å². The molecule has 0 aromatic heterocycles. The molecule has 1 atom stereocenters. The Hall–Kier alpha value is -1.80. The minimum absolute atomic E-state index is 0.0963. The molecule has 0 bridgehead atoms.